The molecule has 4 rings (SSSR count). The van der Waals surface area contributed by atoms with Crippen LogP contribution in [0.1, 0.15) is 10.4 Å². The Bertz CT molecular complexity index is 898. The Hall–Kier alpha value is -2.57. The Morgan fingerprint density at radius 3 is 3.00 bits per heavy atom. The summed E-state index contributed by atoms with van der Waals surface area (Å²) in [6, 6.07) is 7.88. The summed E-state index contributed by atoms with van der Waals surface area (Å²) in [5.74, 6) is 0.0322. The van der Waals surface area contributed by atoms with E-state index in [9.17, 15) is 4.79 Å². The molecule has 1 N–H and O–H groups in total. The predicted octanol–water partition coefficient (Wildman–Crippen LogP) is 2.83. The molecule has 2 aromatic heterocycles. The maximum absolute atomic E-state index is 13.3. The van der Waals surface area contributed by atoms with Gasteiger partial charge in [-0.1, -0.05) is 0 Å². The van der Waals surface area contributed by atoms with E-state index in [0.717, 1.165) is 28.6 Å². The van der Waals surface area contributed by atoms with Gasteiger partial charge in [0.15, 0.2) is 0 Å². The van der Waals surface area contributed by atoms with Crippen molar-refractivity contribution in [2.75, 3.05) is 40.3 Å². The topological polar surface area (TPSA) is 61.7 Å². The van der Waals surface area contributed by atoms with E-state index < -0.39 is 0 Å². The fraction of sp³-hybridized carbons (Fsp3) is 0.350. The standard InChI is InChI=1S/C20H23N3O3/c1-22(2)11-16-12-23(6-8-26-16)20(24)18-10-19-14(3-5-21-19)9-17(18)15-4-7-25-13-15/h3-5,7,9-10,13,16,21H,6,8,11-12H2,1-2H3. The van der Waals surface area contributed by atoms with Gasteiger partial charge in [0.25, 0.3) is 5.91 Å². The van der Waals surface area contributed by atoms with Gasteiger partial charge >= 0.3 is 0 Å². The van der Waals surface area contributed by atoms with Crippen LogP contribution in [-0.4, -0.2) is 67.1 Å². The largest absolute Gasteiger partial charge is 0.472 e. The van der Waals surface area contributed by atoms with Gasteiger partial charge in [-0.05, 0) is 43.9 Å². The van der Waals surface area contributed by atoms with Gasteiger partial charge in [0, 0.05) is 47.9 Å². The van der Waals surface area contributed by atoms with Crippen molar-refractivity contribution in [2.24, 2.45) is 0 Å². The van der Waals surface area contributed by atoms with Gasteiger partial charge in [0.05, 0.1) is 25.2 Å². The number of hydrogen-bond donors (Lipinski definition) is 1. The Morgan fingerprint density at radius 1 is 1.35 bits per heavy atom. The third-order valence-corrected chi connectivity index (χ3v) is 4.75. The number of benzene rings is 1. The lowest BCUT2D eigenvalue weighted by atomic mass is 9.98. The smallest absolute Gasteiger partial charge is 0.254 e. The molecule has 1 atom stereocenters. The molecule has 6 heteroatoms. The molecule has 1 aliphatic rings. The highest BCUT2D eigenvalue weighted by Gasteiger charge is 2.27. The molecule has 0 saturated carbocycles. The van der Waals surface area contributed by atoms with Gasteiger partial charge in [-0.2, -0.15) is 0 Å². The molecule has 0 spiro atoms. The van der Waals surface area contributed by atoms with Crippen LogP contribution in [0.5, 0.6) is 0 Å². The highest BCUT2D eigenvalue weighted by Crippen LogP contribution is 2.30. The van der Waals surface area contributed by atoms with Gasteiger partial charge in [-0.15, -0.1) is 0 Å². The van der Waals surface area contributed by atoms with Gasteiger partial charge in [-0.25, -0.2) is 0 Å². The van der Waals surface area contributed by atoms with Crippen molar-refractivity contribution in [3.05, 3.63) is 48.6 Å². The summed E-state index contributed by atoms with van der Waals surface area (Å²) in [5.41, 5.74) is 3.45. The zero-order valence-electron chi connectivity index (χ0n) is 15.1. The number of aromatic nitrogens is 1. The number of furan rings is 1. The molecule has 1 aliphatic heterocycles. The molecule has 3 aromatic rings. The predicted molar refractivity (Wildman–Crippen MR) is 100 cm³/mol. The lowest BCUT2D eigenvalue weighted by molar-refractivity contribution is -0.0306. The Labute approximate surface area is 152 Å². The molecule has 1 amide bonds. The zero-order valence-corrected chi connectivity index (χ0v) is 15.1. The molecule has 3 heterocycles. The molecule has 0 radical (unpaired) electrons. The fourth-order valence-electron chi connectivity index (χ4n) is 3.53. The summed E-state index contributed by atoms with van der Waals surface area (Å²) in [5, 5.41) is 1.07. The van der Waals surface area contributed by atoms with Crippen LogP contribution in [0.15, 0.2) is 47.4 Å². The minimum absolute atomic E-state index is 0.0322. The number of aromatic amines is 1. The summed E-state index contributed by atoms with van der Waals surface area (Å²) in [6.45, 7) is 2.57. The second kappa shape index (κ2) is 6.97. The number of rotatable bonds is 4. The number of carbonyl (C=O) groups excluding carboxylic acids is 1. The van der Waals surface area contributed by atoms with Crippen LogP contribution < -0.4 is 0 Å². The summed E-state index contributed by atoms with van der Waals surface area (Å²) >= 11 is 0. The average Bonchev–Trinajstić information content (AvgIpc) is 3.30. The van der Waals surface area contributed by atoms with Crippen molar-refractivity contribution in [2.45, 2.75) is 6.10 Å². The van der Waals surface area contributed by atoms with E-state index in [-0.39, 0.29) is 12.0 Å². The fourth-order valence-corrected chi connectivity index (χ4v) is 3.53. The number of carbonyl (C=O) groups is 1. The Kier molecular flexibility index (Phi) is 4.53. The first-order valence-corrected chi connectivity index (χ1v) is 8.81. The summed E-state index contributed by atoms with van der Waals surface area (Å²) in [4.78, 5) is 20.5. The van der Waals surface area contributed by atoms with Crippen molar-refractivity contribution < 1.29 is 13.9 Å². The van der Waals surface area contributed by atoms with Crippen molar-refractivity contribution in [1.82, 2.24) is 14.8 Å². The van der Waals surface area contributed by atoms with Crippen LogP contribution in [0.3, 0.4) is 0 Å². The molecule has 6 nitrogen and oxygen atoms in total. The number of morpholine rings is 1. The number of ether oxygens (including phenoxy) is 1. The van der Waals surface area contributed by atoms with Crippen LogP contribution in [0.25, 0.3) is 22.0 Å². The van der Waals surface area contributed by atoms with Gasteiger partial charge < -0.3 is 23.9 Å². The molecule has 136 valence electrons. The lowest BCUT2D eigenvalue weighted by Crippen LogP contribution is -2.48. The van der Waals surface area contributed by atoms with Gasteiger partial charge in [0.2, 0.25) is 0 Å². The van der Waals surface area contributed by atoms with E-state index in [2.05, 4.69) is 9.88 Å². The first kappa shape index (κ1) is 16.9. The van der Waals surface area contributed by atoms with E-state index in [4.69, 9.17) is 9.15 Å². The minimum Gasteiger partial charge on any atom is -0.472 e. The number of H-pyrrole nitrogens is 1. The van der Waals surface area contributed by atoms with Crippen LogP contribution in [0, 0.1) is 0 Å². The third kappa shape index (κ3) is 3.25. The molecule has 0 aliphatic carbocycles. The second-order valence-electron chi connectivity index (χ2n) is 6.98. The Balaban J connectivity index is 1.68. The minimum atomic E-state index is 0.0322. The maximum atomic E-state index is 13.3. The summed E-state index contributed by atoms with van der Waals surface area (Å²) < 4.78 is 11.1. The molecular formula is C20H23N3O3. The van der Waals surface area contributed by atoms with Crippen molar-refractivity contribution in [3.63, 3.8) is 0 Å². The van der Waals surface area contributed by atoms with E-state index >= 15 is 0 Å². The third-order valence-electron chi connectivity index (χ3n) is 4.75. The summed E-state index contributed by atoms with van der Waals surface area (Å²) in [7, 11) is 4.03. The molecule has 1 aromatic carbocycles. The first-order valence-electron chi connectivity index (χ1n) is 8.81. The molecule has 26 heavy (non-hydrogen) atoms. The van der Waals surface area contributed by atoms with Crippen LogP contribution in [0.2, 0.25) is 0 Å². The lowest BCUT2D eigenvalue weighted by Gasteiger charge is -2.34. The zero-order chi connectivity index (χ0) is 18.1. The molecular weight excluding hydrogens is 330 g/mol. The number of fused-ring (bicyclic) bond motifs is 1. The average molecular weight is 353 g/mol. The summed E-state index contributed by atoms with van der Waals surface area (Å²) in [6.07, 6.45) is 5.24. The van der Waals surface area contributed by atoms with Crippen molar-refractivity contribution >= 4 is 16.8 Å². The van der Waals surface area contributed by atoms with Crippen LogP contribution in [0.4, 0.5) is 0 Å². The van der Waals surface area contributed by atoms with Crippen LogP contribution in [-0.2, 0) is 4.74 Å². The van der Waals surface area contributed by atoms with E-state index in [1.54, 1.807) is 12.5 Å². The highest BCUT2D eigenvalue weighted by atomic mass is 16.5. The highest BCUT2D eigenvalue weighted by molar-refractivity contribution is 6.05. The van der Waals surface area contributed by atoms with Gasteiger partial charge in [-0.3, -0.25) is 4.79 Å². The number of hydrogen-bond acceptors (Lipinski definition) is 4. The first-order chi connectivity index (χ1) is 12.6. The number of nitrogens with one attached hydrogen (secondary N) is 1. The SMILES string of the molecule is CN(C)CC1CN(C(=O)c2cc3[nH]ccc3cc2-c2ccoc2)CCO1. The maximum Gasteiger partial charge on any atom is 0.254 e. The van der Waals surface area contributed by atoms with E-state index in [1.165, 1.54) is 0 Å². The molecule has 1 unspecified atom stereocenters. The molecule has 0 bridgehead atoms. The van der Waals surface area contributed by atoms with Gasteiger partial charge in [0.1, 0.15) is 0 Å². The number of nitrogens with zero attached hydrogens (tertiary/aromatic N) is 2. The van der Waals surface area contributed by atoms with Crippen molar-refractivity contribution in [1.29, 1.82) is 0 Å². The molecule has 1 saturated heterocycles. The number of likely N-dealkylation sites (N-methyl/N-ethyl adjacent to an activating group) is 1. The monoisotopic (exact) mass is 353 g/mol. The van der Waals surface area contributed by atoms with Crippen molar-refractivity contribution in [3.8, 4) is 11.1 Å². The van der Waals surface area contributed by atoms with E-state index in [1.807, 2.05) is 49.5 Å². The molecule has 1 fully saturated rings. The second-order valence-corrected chi connectivity index (χ2v) is 6.98. The van der Waals surface area contributed by atoms with Crippen LogP contribution >= 0.6 is 0 Å². The number of amides is 1. The quantitative estimate of drug-likeness (QED) is 0.783. The Morgan fingerprint density at radius 2 is 2.23 bits per heavy atom. The van der Waals surface area contributed by atoms with E-state index in [0.29, 0.717) is 25.3 Å². The normalized spacial score (nSPS) is 18.0.